The van der Waals surface area contributed by atoms with E-state index in [1.54, 1.807) is 0 Å². The molecule has 2 atom stereocenters. The Morgan fingerprint density at radius 2 is 2.33 bits per heavy atom. The fourth-order valence-corrected chi connectivity index (χ4v) is 2.30. The Labute approximate surface area is 73.2 Å². The van der Waals surface area contributed by atoms with Crippen LogP contribution in [0.5, 0.6) is 0 Å². The average Bonchev–Trinajstić information content (AvgIpc) is 2.17. The normalized spacial score (nSPS) is 33.8. The summed E-state index contributed by atoms with van der Waals surface area (Å²) in [6, 6.07) is 0. The lowest BCUT2D eigenvalue weighted by molar-refractivity contribution is -0.110. The molecule has 0 heterocycles. The first-order valence-electron chi connectivity index (χ1n) is 4.73. The molecule has 0 amide bonds. The number of rotatable bonds is 1. The first-order chi connectivity index (χ1) is 5.92. The molecule has 0 aromatic rings. The highest BCUT2D eigenvalue weighted by Crippen LogP contribution is 2.37. The molecule has 0 radical (unpaired) electrons. The van der Waals surface area contributed by atoms with Crippen molar-refractivity contribution in [3.63, 3.8) is 0 Å². The van der Waals surface area contributed by atoms with Crippen LogP contribution in [0.3, 0.4) is 0 Å². The van der Waals surface area contributed by atoms with Crippen LogP contribution in [0.15, 0.2) is 23.8 Å². The zero-order chi connectivity index (χ0) is 8.39. The predicted molar refractivity (Wildman–Crippen MR) is 48.7 cm³/mol. The lowest BCUT2D eigenvalue weighted by Crippen LogP contribution is -2.21. The van der Waals surface area contributed by atoms with Crippen molar-refractivity contribution in [3.05, 3.63) is 23.8 Å². The average molecular weight is 162 g/mol. The minimum Gasteiger partial charge on any atom is -0.303 e. The Kier molecular flexibility index (Phi) is 2.11. The molecule has 2 unspecified atom stereocenters. The van der Waals surface area contributed by atoms with Gasteiger partial charge in [0.05, 0.1) is 0 Å². The van der Waals surface area contributed by atoms with Gasteiger partial charge in [-0.3, -0.25) is 0 Å². The van der Waals surface area contributed by atoms with Crippen LogP contribution >= 0.6 is 0 Å². The second kappa shape index (κ2) is 3.26. The van der Waals surface area contributed by atoms with Crippen molar-refractivity contribution in [1.82, 2.24) is 0 Å². The fraction of sp³-hybridized carbons (Fsp3) is 0.545. The highest BCUT2D eigenvalue weighted by atomic mass is 16.1. The quantitative estimate of drug-likeness (QED) is 0.541. The molecule has 0 N–H and O–H groups in total. The topological polar surface area (TPSA) is 17.1 Å². The van der Waals surface area contributed by atoms with Gasteiger partial charge in [-0.1, -0.05) is 30.2 Å². The molecule has 0 aliphatic heterocycles. The van der Waals surface area contributed by atoms with E-state index >= 15 is 0 Å². The Balaban J connectivity index is 2.22. The number of hydrogen-bond acceptors (Lipinski definition) is 1. The van der Waals surface area contributed by atoms with Crippen LogP contribution in [-0.2, 0) is 4.79 Å². The van der Waals surface area contributed by atoms with Crippen LogP contribution in [0, 0.1) is 11.8 Å². The maximum atomic E-state index is 10.7. The standard InChI is InChI=1S/C11H14O/c12-8-10-6-3-5-9-4-1-2-7-11(9)10/h1-2,7-10H,3-6H2. The molecule has 1 heteroatoms. The molecule has 0 spiro atoms. The number of carbonyl (C=O) groups is 1. The molecule has 1 saturated carbocycles. The minimum absolute atomic E-state index is 0.230. The zero-order valence-corrected chi connectivity index (χ0v) is 7.20. The van der Waals surface area contributed by atoms with Crippen molar-refractivity contribution in [3.8, 4) is 0 Å². The Morgan fingerprint density at radius 3 is 3.17 bits per heavy atom. The molecule has 0 bridgehead atoms. The molecule has 64 valence electrons. The summed E-state index contributed by atoms with van der Waals surface area (Å²) in [5.41, 5.74) is 1.39. The van der Waals surface area contributed by atoms with Crippen molar-refractivity contribution in [2.24, 2.45) is 11.8 Å². The van der Waals surface area contributed by atoms with Gasteiger partial charge in [0.1, 0.15) is 6.29 Å². The second-order valence-electron chi connectivity index (χ2n) is 3.70. The monoisotopic (exact) mass is 162 g/mol. The van der Waals surface area contributed by atoms with E-state index < -0.39 is 0 Å². The molecule has 1 fully saturated rings. The number of carbonyl (C=O) groups excluding carboxylic acids is 1. The van der Waals surface area contributed by atoms with E-state index in [-0.39, 0.29) is 5.92 Å². The maximum absolute atomic E-state index is 10.7. The van der Waals surface area contributed by atoms with Crippen molar-refractivity contribution in [2.45, 2.75) is 25.7 Å². The summed E-state index contributed by atoms with van der Waals surface area (Å²) >= 11 is 0. The maximum Gasteiger partial charge on any atom is 0.127 e. The lowest BCUT2D eigenvalue weighted by atomic mass is 9.74. The van der Waals surface area contributed by atoms with E-state index in [0.717, 1.165) is 19.1 Å². The summed E-state index contributed by atoms with van der Waals surface area (Å²) < 4.78 is 0. The molecule has 2 rings (SSSR count). The van der Waals surface area contributed by atoms with Gasteiger partial charge in [-0.05, 0) is 25.2 Å². The number of hydrogen-bond donors (Lipinski definition) is 0. The summed E-state index contributed by atoms with van der Waals surface area (Å²) in [6.07, 6.45) is 12.3. The Hall–Kier alpha value is -0.850. The summed E-state index contributed by atoms with van der Waals surface area (Å²) in [7, 11) is 0. The third kappa shape index (κ3) is 1.24. The van der Waals surface area contributed by atoms with Gasteiger partial charge in [0.15, 0.2) is 0 Å². The molecule has 0 saturated heterocycles. The second-order valence-corrected chi connectivity index (χ2v) is 3.70. The molecule has 12 heavy (non-hydrogen) atoms. The molecular formula is C11H14O. The Morgan fingerprint density at radius 1 is 1.42 bits per heavy atom. The highest BCUT2D eigenvalue weighted by Gasteiger charge is 2.26. The van der Waals surface area contributed by atoms with Gasteiger partial charge in [0, 0.05) is 5.92 Å². The van der Waals surface area contributed by atoms with Crippen LogP contribution in [0.4, 0.5) is 0 Å². The van der Waals surface area contributed by atoms with E-state index in [0.29, 0.717) is 5.92 Å². The predicted octanol–water partition coefficient (Wildman–Crippen LogP) is 2.49. The smallest absolute Gasteiger partial charge is 0.127 e. The molecule has 1 nitrogen and oxygen atoms in total. The van der Waals surface area contributed by atoms with E-state index in [1.807, 2.05) is 0 Å². The molecule has 0 aromatic carbocycles. The fourth-order valence-electron chi connectivity index (χ4n) is 2.30. The minimum atomic E-state index is 0.230. The van der Waals surface area contributed by atoms with E-state index in [2.05, 4.69) is 18.2 Å². The first-order valence-corrected chi connectivity index (χ1v) is 4.73. The highest BCUT2D eigenvalue weighted by molar-refractivity contribution is 5.60. The summed E-state index contributed by atoms with van der Waals surface area (Å²) in [5, 5.41) is 0. The lowest BCUT2D eigenvalue weighted by Gasteiger charge is -2.30. The number of fused-ring (bicyclic) bond motifs is 1. The van der Waals surface area contributed by atoms with Gasteiger partial charge in [0.2, 0.25) is 0 Å². The zero-order valence-electron chi connectivity index (χ0n) is 7.20. The third-order valence-corrected chi connectivity index (χ3v) is 2.98. The number of aldehydes is 1. The van der Waals surface area contributed by atoms with Crippen LogP contribution in [-0.4, -0.2) is 6.29 Å². The van der Waals surface area contributed by atoms with Gasteiger partial charge >= 0.3 is 0 Å². The van der Waals surface area contributed by atoms with Crippen molar-refractivity contribution < 1.29 is 4.79 Å². The van der Waals surface area contributed by atoms with E-state index in [1.165, 1.54) is 18.4 Å². The Bertz CT molecular complexity index is 237. The number of allylic oxidation sites excluding steroid dienone is 4. The first kappa shape index (κ1) is 7.78. The van der Waals surface area contributed by atoms with E-state index in [9.17, 15) is 4.79 Å². The van der Waals surface area contributed by atoms with Crippen molar-refractivity contribution >= 4 is 6.29 Å². The molecule has 0 aromatic heterocycles. The van der Waals surface area contributed by atoms with Crippen molar-refractivity contribution in [2.75, 3.05) is 0 Å². The summed E-state index contributed by atoms with van der Waals surface area (Å²) in [5.74, 6) is 0.910. The molecule has 2 aliphatic rings. The van der Waals surface area contributed by atoms with Gasteiger partial charge in [0.25, 0.3) is 0 Å². The third-order valence-electron chi connectivity index (χ3n) is 2.98. The van der Waals surface area contributed by atoms with Crippen LogP contribution in [0.1, 0.15) is 25.7 Å². The van der Waals surface area contributed by atoms with Gasteiger partial charge in [-0.25, -0.2) is 0 Å². The van der Waals surface area contributed by atoms with Gasteiger partial charge in [-0.2, -0.15) is 0 Å². The molecule has 2 aliphatic carbocycles. The molecular weight excluding hydrogens is 148 g/mol. The van der Waals surface area contributed by atoms with Gasteiger partial charge < -0.3 is 4.79 Å². The van der Waals surface area contributed by atoms with E-state index in [4.69, 9.17) is 0 Å². The SMILES string of the molecule is O=CC1CCCC2CC=CC=C12. The van der Waals surface area contributed by atoms with Gasteiger partial charge in [-0.15, -0.1) is 0 Å². The van der Waals surface area contributed by atoms with Crippen LogP contribution in [0.25, 0.3) is 0 Å². The largest absolute Gasteiger partial charge is 0.303 e. The summed E-state index contributed by atoms with van der Waals surface area (Å²) in [6.45, 7) is 0. The van der Waals surface area contributed by atoms with Crippen molar-refractivity contribution in [1.29, 1.82) is 0 Å². The summed E-state index contributed by atoms with van der Waals surface area (Å²) in [4.78, 5) is 10.7. The van der Waals surface area contributed by atoms with Crippen LogP contribution < -0.4 is 0 Å². The van der Waals surface area contributed by atoms with Crippen LogP contribution in [0.2, 0.25) is 0 Å².